The van der Waals surface area contributed by atoms with Gasteiger partial charge in [-0.3, -0.25) is 0 Å². The largest absolute Gasteiger partial charge is 0.309 e. The van der Waals surface area contributed by atoms with Crippen LogP contribution in [0.15, 0.2) is 182 Å². The lowest BCUT2D eigenvalue weighted by molar-refractivity contribution is 0.660. The second kappa shape index (κ2) is 11.2. The zero-order valence-electron chi connectivity index (χ0n) is 29.7. The monoisotopic (exact) mass is 676 g/mol. The average molecular weight is 677 g/mol. The first-order chi connectivity index (χ1) is 26.1. The fraction of sp³-hybridized carbons (Fsp3) is 0.0588. The third kappa shape index (κ3) is 4.27. The zero-order valence-corrected chi connectivity index (χ0v) is 29.7. The van der Waals surface area contributed by atoms with E-state index >= 15 is 0 Å². The molecule has 0 N–H and O–H groups in total. The Labute approximate surface area is 308 Å². The minimum atomic E-state index is -0.0679. The molecule has 1 aliphatic rings. The quantitative estimate of drug-likeness (QED) is 0.176. The average Bonchev–Trinajstić information content (AvgIpc) is 3.81. The zero-order chi connectivity index (χ0) is 35.3. The Bertz CT molecular complexity index is 3060. The van der Waals surface area contributed by atoms with Crippen LogP contribution in [0.3, 0.4) is 0 Å². The summed E-state index contributed by atoms with van der Waals surface area (Å²) in [5, 5.41) is 5.06. The van der Waals surface area contributed by atoms with Gasteiger partial charge in [0, 0.05) is 38.2 Å². The van der Waals surface area contributed by atoms with Gasteiger partial charge in [0.05, 0.1) is 27.8 Å². The normalized spacial score (nSPS) is 13.2. The third-order valence-corrected chi connectivity index (χ3v) is 11.7. The molecule has 0 bridgehead atoms. The maximum atomic E-state index is 2.51. The van der Waals surface area contributed by atoms with Gasteiger partial charge in [-0.05, 0) is 81.4 Å². The summed E-state index contributed by atoms with van der Waals surface area (Å²) in [5.74, 6) is 0. The maximum absolute atomic E-state index is 2.51. The molecule has 2 heterocycles. The van der Waals surface area contributed by atoms with Crippen molar-refractivity contribution in [3.63, 3.8) is 0 Å². The molecule has 53 heavy (non-hydrogen) atoms. The molecule has 1 aliphatic carbocycles. The van der Waals surface area contributed by atoms with Crippen molar-refractivity contribution in [1.82, 2.24) is 9.13 Å². The van der Waals surface area contributed by atoms with Gasteiger partial charge >= 0.3 is 0 Å². The molecule has 8 aromatic carbocycles. The SMILES string of the molecule is CC1(C)c2ccccc2-c2c(-n3c4ccccc4c4c(-c5ccc6c7ccccc7n(-c7ccc(-c8ccccc8)cc7)c6c5)cccc43)cccc21. The number of para-hydroxylation sites is 2. The van der Waals surface area contributed by atoms with E-state index in [9.17, 15) is 0 Å². The van der Waals surface area contributed by atoms with Crippen LogP contribution in [0, 0.1) is 0 Å². The lowest BCUT2D eigenvalue weighted by atomic mass is 9.82. The molecule has 2 nitrogen and oxygen atoms in total. The molecule has 2 aromatic heterocycles. The van der Waals surface area contributed by atoms with Crippen LogP contribution in [0.25, 0.3) is 88.4 Å². The predicted octanol–water partition coefficient (Wildman–Crippen LogP) is 13.5. The first-order valence-electron chi connectivity index (χ1n) is 18.5. The van der Waals surface area contributed by atoms with Crippen LogP contribution in [-0.2, 0) is 5.41 Å². The highest BCUT2D eigenvalue weighted by Crippen LogP contribution is 2.52. The van der Waals surface area contributed by atoms with E-state index in [4.69, 9.17) is 0 Å². The molecular formula is C51H36N2. The van der Waals surface area contributed by atoms with Gasteiger partial charge in [0.15, 0.2) is 0 Å². The van der Waals surface area contributed by atoms with E-state index in [-0.39, 0.29) is 5.41 Å². The summed E-state index contributed by atoms with van der Waals surface area (Å²) in [6.07, 6.45) is 0. The number of hydrogen-bond acceptors (Lipinski definition) is 0. The van der Waals surface area contributed by atoms with Crippen molar-refractivity contribution in [1.29, 1.82) is 0 Å². The van der Waals surface area contributed by atoms with Gasteiger partial charge in [-0.25, -0.2) is 0 Å². The van der Waals surface area contributed by atoms with Crippen LogP contribution in [0.1, 0.15) is 25.0 Å². The first-order valence-corrected chi connectivity index (χ1v) is 18.5. The van der Waals surface area contributed by atoms with Crippen LogP contribution in [-0.4, -0.2) is 9.13 Å². The Balaban J connectivity index is 1.15. The van der Waals surface area contributed by atoms with Gasteiger partial charge in [-0.15, -0.1) is 0 Å². The summed E-state index contributed by atoms with van der Waals surface area (Å²) in [6.45, 7) is 4.72. The van der Waals surface area contributed by atoms with Gasteiger partial charge in [-0.2, -0.15) is 0 Å². The van der Waals surface area contributed by atoms with Crippen LogP contribution in [0.4, 0.5) is 0 Å². The van der Waals surface area contributed by atoms with Gasteiger partial charge < -0.3 is 9.13 Å². The number of nitrogens with zero attached hydrogens (tertiary/aromatic N) is 2. The van der Waals surface area contributed by atoms with Gasteiger partial charge in [0.25, 0.3) is 0 Å². The summed E-state index contributed by atoms with van der Waals surface area (Å²) in [5.41, 5.74) is 17.5. The number of aromatic nitrogens is 2. The fourth-order valence-corrected chi connectivity index (χ4v) is 9.29. The van der Waals surface area contributed by atoms with E-state index in [1.54, 1.807) is 0 Å². The number of hydrogen-bond donors (Lipinski definition) is 0. The van der Waals surface area contributed by atoms with Crippen LogP contribution < -0.4 is 0 Å². The van der Waals surface area contributed by atoms with Gasteiger partial charge in [0.1, 0.15) is 0 Å². The predicted molar refractivity (Wildman–Crippen MR) is 224 cm³/mol. The third-order valence-electron chi connectivity index (χ3n) is 11.7. The molecule has 0 aliphatic heterocycles. The molecule has 0 unspecified atom stereocenters. The molecule has 0 amide bonds. The molecular weight excluding hydrogens is 641 g/mol. The Hall–Kier alpha value is -6.64. The Kier molecular flexibility index (Phi) is 6.33. The number of benzene rings is 8. The van der Waals surface area contributed by atoms with E-state index in [0.717, 1.165) is 5.69 Å². The smallest absolute Gasteiger partial charge is 0.0547 e. The summed E-state index contributed by atoms with van der Waals surface area (Å²) in [6, 6.07) is 67.0. The molecule has 0 saturated carbocycles. The Morgan fingerprint density at radius 2 is 0.962 bits per heavy atom. The Morgan fingerprint density at radius 1 is 0.377 bits per heavy atom. The van der Waals surface area contributed by atoms with E-state index < -0.39 is 0 Å². The Morgan fingerprint density at radius 3 is 1.79 bits per heavy atom. The molecule has 0 radical (unpaired) electrons. The van der Waals surface area contributed by atoms with Crippen molar-refractivity contribution in [2.75, 3.05) is 0 Å². The molecule has 250 valence electrons. The van der Waals surface area contributed by atoms with Gasteiger partial charge in [0.2, 0.25) is 0 Å². The maximum Gasteiger partial charge on any atom is 0.0547 e. The first kappa shape index (κ1) is 30.0. The van der Waals surface area contributed by atoms with Crippen LogP contribution in [0.5, 0.6) is 0 Å². The lowest BCUT2D eigenvalue weighted by Crippen LogP contribution is -2.14. The van der Waals surface area contributed by atoms with Gasteiger partial charge in [-0.1, -0.05) is 153 Å². The minimum absolute atomic E-state index is 0.0679. The second-order valence-corrected chi connectivity index (χ2v) is 14.9. The standard InChI is InChI=1S/C51H36N2/c1-51(2)42-20-9-6-17-40(42)50-43(51)21-13-25-47(50)53-45-23-11-8-18-41(45)49-37(19-12-24-46(49)53)35-28-31-39-38-16-7-10-22-44(38)52(48(39)32-35)36-29-26-34(27-30-36)33-14-4-3-5-15-33/h3-32H,1-2H3. The van der Waals surface area contributed by atoms with Crippen molar-refractivity contribution in [3.8, 4) is 44.8 Å². The van der Waals surface area contributed by atoms with Crippen molar-refractivity contribution < 1.29 is 0 Å². The minimum Gasteiger partial charge on any atom is -0.309 e. The number of rotatable bonds is 4. The summed E-state index contributed by atoms with van der Waals surface area (Å²) >= 11 is 0. The summed E-state index contributed by atoms with van der Waals surface area (Å²) in [7, 11) is 0. The van der Waals surface area contributed by atoms with Crippen molar-refractivity contribution in [3.05, 3.63) is 193 Å². The van der Waals surface area contributed by atoms with E-state index in [2.05, 4.69) is 205 Å². The highest BCUT2D eigenvalue weighted by Gasteiger charge is 2.37. The van der Waals surface area contributed by atoms with Crippen molar-refractivity contribution in [2.45, 2.75) is 19.3 Å². The lowest BCUT2D eigenvalue weighted by Gasteiger charge is -2.21. The van der Waals surface area contributed by atoms with Crippen molar-refractivity contribution >= 4 is 43.6 Å². The molecule has 0 spiro atoms. The molecule has 0 saturated heterocycles. The molecule has 0 atom stereocenters. The highest BCUT2D eigenvalue weighted by atomic mass is 15.0. The molecule has 0 fully saturated rings. The number of fused-ring (bicyclic) bond motifs is 9. The topological polar surface area (TPSA) is 9.86 Å². The summed E-state index contributed by atoms with van der Waals surface area (Å²) < 4.78 is 4.94. The van der Waals surface area contributed by atoms with Crippen LogP contribution in [0.2, 0.25) is 0 Å². The van der Waals surface area contributed by atoms with E-state index in [0.29, 0.717) is 0 Å². The van der Waals surface area contributed by atoms with E-state index in [1.165, 1.54) is 93.8 Å². The van der Waals surface area contributed by atoms with Crippen molar-refractivity contribution in [2.24, 2.45) is 0 Å². The van der Waals surface area contributed by atoms with Crippen LogP contribution >= 0.6 is 0 Å². The molecule has 11 rings (SSSR count). The molecule has 10 aromatic rings. The summed E-state index contributed by atoms with van der Waals surface area (Å²) in [4.78, 5) is 0. The highest BCUT2D eigenvalue weighted by molar-refractivity contribution is 6.17. The second-order valence-electron chi connectivity index (χ2n) is 14.9. The molecule has 2 heteroatoms. The fourth-order valence-electron chi connectivity index (χ4n) is 9.29. The van der Waals surface area contributed by atoms with E-state index in [1.807, 2.05) is 0 Å².